The number of methoxy groups -OCH3 is 3. The zero-order chi connectivity index (χ0) is 27.1. The molecule has 2 aromatic heterocycles. The molecule has 1 N–H and O–H groups in total. The number of amides is 2. The van der Waals surface area contributed by atoms with Gasteiger partial charge in [0, 0.05) is 53.6 Å². The van der Waals surface area contributed by atoms with Crippen LogP contribution in [0.5, 0.6) is 17.2 Å². The van der Waals surface area contributed by atoms with Gasteiger partial charge in [-0.1, -0.05) is 12.1 Å². The van der Waals surface area contributed by atoms with Gasteiger partial charge in [0.1, 0.15) is 22.2 Å². The molecule has 6 rings (SSSR count). The lowest BCUT2D eigenvalue weighted by atomic mass is 10.00. The molecule has 0 saturated carbocycles. The summed E-state index contributed by atoms with van der Waals surface area (Å²) >= 11 is 1.84. The van der Waals surface area contributed by atoms with Crippen LogP contribution in [-0.2, 0) is 19.5 Å². The average Bonchev–Trinajstić information content (AvgIpc) is 3.54. The van der Waals surface area contributed by atoms with Gasteiger partial charge in [-0.3, -0.25) is 0 Å². The van der Waals surface area contributed by atoms with Crippen LogP contribution in [0.25, 0.3) is 5.00 Å². The second kappa shape index (κ2) is 10.3. The molecule has 0 radical (unpaired) electrons. The van der Waals surface area contributed by atoms with Crippen LogP contribution in [-0.4, -0.2) is 55.3 Å². The highest BCUT2D eigenvalue weighted by Crippen LogP contribution is 2.44. The van der Waals surface area contributed by atoms with Gasteiger partial charge in [-0.15, -0.1) is 11.3 Å². The second-order valence-electron chi connectivity index (χ2n) is 9.91. The number of likely N-dealkylation sites (N-methyl/N-ethyl adjacent to an activating group) is 1. The first-order valence-corrected chi connectivity index (χ1v) is 13.7. The Hall–Kier alpha value is -3.95. The molecule has 4 heterocycles. The molecule has 2 aromatic carbocycles. The molecule has 0 bridgehead atoms. The quantitative estimate of drug-likeness (QED) is 0.350. The molecule has 0 spiro atoms. The summed E-state index contributed by atoms with van der Waals surface area (Å²) in [4.78, 5) is 19.9. The van der Waals surface area contributed by atoms with E-state index in [0.29, 0.717) is 23.7 Å². The van der Waals surface area contributed by atoms with E-state index in [1.807, 2.05) is 40.5 Å². The highest BCUT2D eigenvalue weighted by molar-refractivity contribution is 7.15. The summed E-state index contributed by atoms with van der Waals surface area (Å²) < 4.78 is 18.6. The molecule has 0 unspecified atom stereocenters. The summed E-state index contributed by atoms with van der Waals surface area (Å²) in [6.07, 6.45) is 3.09. The number of rotatable bonds is 5. The van der Waals surface area contributed by atoms with Gasteiger partial charge >= 0.3 is 6.03 Å². The molecule has 4 aromatic rings. The monoisotopic (exact) mass is 544 g/mol. The third kappa shape index (κ3) is 4.62. The van der Waals surface area contributed by atoms with Crippen molar-refractivity contribution in [1.29, 1.82) is 0 Å². The smallest absolute Gasteiger partial charge is 0.322 e. The lowest BCUT2D eigenvalue weighted by Gasteiger charge is -2.32. The zero-order valence-electron chi connectivity index (χ0n) is 22.6. The number of hydrogen-bond acceptors (Lipinski definition) is 6. The van der Waals surface area contributed by atoms with Crippen LogP contribution in [0.4, 0.5) is 10.5 Å². The third-order valence-corrected chi connectivity index (χ3v) is 8.81. The first-order chi connectivity index (χ1) is 19.0. The maximum Gasteiger partial charge on any atom is 0.322 e. The Morgan fingerprint density at radius 2 is 1.64 bits per heavy atom. The Balaban J connectivity index is 1.47. The van der Waals surface area contributed by atoms with Crippen molar-refractivity contribution < 1.29 is 19.0 Å². The fourth-order valence-corrected chi connectivity index (χ4v) is 7.01. The first kappa shape index (κ1) is 25.3. The van der Waals surface area contributed by atoms with Gasteiger partial charge in [-0.05, 0) is 48.9 Å². The Bertz CT molecular complexity index is 1490. The molecular weight excluding hydrogens is 512 g/mol. The normalized spacial score (nSPS) is 16.5. The van der Waals surface area contributed by atoms with Crippen LogP contribution in [0.3, 0.4) is 0 Å². The Kier molecular flexibility index (Phi) is 6.70. The van der Waals surface area contributed by atoms with E-state index in [1.165, 1.54) is 21.0 Å². The van der Waals surface area contributed by atoms with Crippen molar-refractivity contribution in [2.45, 2.75) is 25.6 Å². The van der Waals surface area contributed by atoms with Crippen molar-refractivity contribution in [3.05, 3.63) is 88.1 Å². The van der Waals surface area contributed by atoms with Gasteiger partial charge in [0.15, 0.2) is 0 Å². The van der Waals surface area contributed by atoms with Crippen LogP contribution in [0, 0.1) is 0 Å². The summed E-state index contributed by atoms with van der Waals surface area (Å²) in [7, 11) is 7.02. The topological polar surface area (TPSA) is 68.2 Å². The van der Waals surface area contributed by atoms with E-state index in [-0.39, 0.29) is 12.1 Å². The van der Waals surface area contributed by atoms with Crippen LogP contribution >= 0.6 is 11.3 Å². The van der Waals surface area contributed by atoms with E-state index >= 15 is 0 Å². The Labute approximate surface area is 232 Å². The summed E-state index contributed by atoms with van der Waals surface area (Å²) in [5.41, 5.74) is 5.28. The van der Waals surface area contributed by atoms with Crippen molar-refractivity contribution in [3.8, 4) is 22.2 Å². The van der Waals surface area contributed by atoms with Gasteiger partial charge in [-0.25, -0.2) is 4.79 Å². The Morgan fingerprint density at radius 3 is 2.33 bits per heavy atom. The van der Waals surface area contributed by atoms with Gasteiger partial charge in [0.25, 0.3) is 0 Å². The van der Waals surface area contributed by atoms with E-state index in [0.717, 1.165) is 36.5 Å². The van der Waals surface area contributed by atoms with Gasteiger partial charge in [0.2, 0.25) is 0 Å². The van der Waals surface area contributed by atoms with E-state index in [4.69, 9.17) is 14.2 Å². The predicted octanol–water partition coefficient (Wildman–Crippen LogP) is 5.69. The number of fused-ring (bicyclic) bond motifs is 5. The number of nitrogens with zero attached hydrogens (tertiary/aromatic N) is 3. The lowest BCUT2D eigenvalue weighted by molar-refractivity contribution is 0.194. The fourth-order valence-electron chi connectivity index (χ4n) is 5.56. The van der Waals surface area contributed by atoms with E-state index in [9.17, 15) is 4.79 Å². The minimum Gasteiger partial charge on any atom is -0.497 e. The molecule has 2 aliphatic heterocycles. The highest BCUT2D eigenvalue weighted by Gasteiger charge is 2.36. The van der Waals surface area contributed by atoms with E-state index in [1.54, 1.807) is 39.5 Å². The van der Waals surface area contributed by atoms with E-state index < -0.39 is 0 Å². The standard InChI is InChI=1S/C30H32N4O4S/c1-32-13-11-24-25-17-34(30(35)31-20-14-22(37-3)16-23(15-20)38-4)28(19-7-9-21(36-2)10-8-19)26-6-5-12-33(26)29(25)39-27(24)18-32/h5-10,12,14-16,28H,11,13,17-18H2,1-4H3,(H,31,35)/t28-/m0/s1. The van der Waals surface area contributed by atoms with Crippen molar-refractivity contribution in [2.24, 2.45) is 0 Å². The zero-order valence-corrected chi connectivity index (χ0v) is 23.4. The lowest BCUT2D eigenvalue weighted by Crippen LogP contribution is -2.38. The number of carbonyl (C=O) groups excluding carboxylic acids is 1. The molecule has 9 heteroatoms. The van der Waals surface area contributed by atoms with Gasteiger partial charge in [0.05, 0.1) is 39.6 Å². The van der Waals surface area contributed by atoms with Crippen LogP contribution < -0.4 is 19.5 Å². The molecule has 2 amide bonds. The number of anilines is 1. The Morgan fingerprint density at radius 1 is 0.923 bits per heavy atom. The van der Waals surface area contributed by atoms with Crippen molar-refractivity contribution >= 4 is 23.1 Å². The largest absolute Gasteiger partial charge is 0.497 e. The summed E-state index contributed by atoms with van der Waals surface area (Å²) in [5.74, 6) is 2.00. The second-order valence-corrected chi connectivity index (χ2v) is 11.0. The molecule has 39 heavy (non-hydrogen) atoms. The van der Waals surface area contributed by atoms with E-state index in [2.05, 4.69) is 40.2 Å². The molecule has 0 fully saturated rings. The van der Waals surface area contributed by atoms with Crippen molar-refractivity contribution in [3.63, 3.8) is 0 Å². The number of benzene rings is 2. The minimum atomic E-state index is -0.306. The number of hydrogen-bond donors (Lipinski definition) is 1. The maximum atomic E-state index is 14.2. The molecule has 2 aliphatic rings. The third-order valence-electron chi connectivity index (χ3n) is 7.55. The molecule has 202 valence electrons. The number of urea groups is 1. The minimum absolute atomic E-state index is 0.195. The first-order valence-electron chi connectivity index (χ1n) is 12.9. The van der Waals surface area contributed by atoms with Crippen molar-refractivity contribution in [1.82, 2.24) is 14.4 Å². The number of thiophene rings is 1. The van der Waals surface area contributed by atoms with Crippen LogP contribution in [0.15, 0.2) is 60.8 Å². The molecular formula is C30H32N4O4S. The molecule has 8 nitrogen and oxygen atoms in total. The SMILES string of the molecule is COc1ccc([C@H]2c3cccn3-c3sc4c(c3CN2C(=O)Nc2cc(OC)cc(OC)c2)CCN(C)C4)cc1. The number of aromatic nitrogens is 1. The summed E-state index contributed by atoms with van der Waals surface area (Å²) in [6.45, 7) is 2.43. The number of nitrogens with one attached hydrogen (secondary N) is 1. The molecule has 1 atom stereocenters. The number of ether oxygens (including phenoxy) is 3. The predicted molar refractivity (Wildman–Crippen MR) is 153 cm³/mol. The molecule has 0 aliphatic carbocycles. The fraction of sp³-hybridized carbons (Fsp3) is 0.300. The average molecular weight is 545 g/mol. The summed E-state index contributed by atoms with van der Waals surface area (Å²) in [5, 5.41) is 4.33. The van der Waals surface area contributed by atoms with Crippen molar-refractivity contribution in [2.75, 3.05) is 40.2 Å². The number of carbonyl (C=O) groups is 1. The van der Waals surface area contributed by atoms with Gasteiger partial charge in [-0.2, -0.15) is 0 Å². The van der Waals surface area contributed by atoms with Crippen LogP contribution in [0.1, 0.15) is 33.3 Å². The summed E-state index contributed by atoms with van der Waals surface area (Å²) in [6, 6.07) is 17.1. The highest BCUT2D eigenvalue weighted by atomic mass is 32.1. The van der Waals surface area contributed by atoms with Gasteiger partial charge < -0.3 is 33.9 Å². The maximum absolute atomic E-state index is 14.2. The molecule has 0 saturated heterocycles. The van der Waals surface area contributed by atoms with Crippen LogP contribution in [0.2, 0.25) is 0 Å².